The predicted molar refractivity (Wildman–Crippen MR) is 64.7 cm³/mol. The van der Waals surface area contributed by atoms with Crippen molar-refractivity contribution in [2.24, 2.45) is 0 Å². The van der Waals surface area contributed by atoms with Crippen molar-refractivity contribution in [3.8, 4) is 0 Å². The number of hydrogen-bond donors (Lipinski definition) is 0. The largest absolute Gasteiger partial charge is 0.368 e. The summed E-state index contributed by atoms with van der Waals surface area (Å²) in [5.41, 5.74) is 2.27. The van der Waals surface area contributed by atoms with Gasteiger partial charge in [-0.2, -0.15) is 0 Å². The lowest BCUT2D eigenvalue weighted by atomic mass is 10.0. The SMILES string of the molecule is C=C1[C@H](Br)CO[C@H]1c1ccc(Br)cc1. The van der Waals surface area contributed by atoms with Gasteiger partial charge in [0.25, 0.3) is 0 Å². The molecule has 1 saturated heterocycles. The van der Waals surface area contributed by atoms with Crippen LogP contribution in [-0.2, 0) is 4.74 Å². The molecule has 1 fully saturated rings. The quantitative estimate of drug-likeness (QED) is 0.565. The Labute approximate surface area is 100 Å². The molecule has 2 atom stereocenters. The summed E-state index contributed by atoms with van der Waals surface area (Å²) in [5, 5.41) is 0. The lowest BCUT2D eigenvalue weighted by Gasteiger charge is -2.11. The fraction of sp³-hybridized carbons (Fsp3) is 0.273. The highest BCUT2D eigenvalue weighted by molar-refractivity contribution is 9.10. The fourth-order valence-corrected chi connectivity index (χ4v) is 2.16. The highest BCUT2D eigenvalue weighted by Gasteiger charge is 2.28. The molecule has 0 aliphatic carbocycles. The van der Waals surface area contributed by atoms with Gasteiger partial charge in [0.15, 0.2) is 0 Å². The molecule has 1 aliphatic heterocycles. The zero-order valence-electron chi connectivity index (χ0n) is 7.54. The molecular formula is C11H10Br2O. The first-order valence-electron chi connectivity index (χ1n) is 4.38. The van der Waals surface area contributed by atoms with Crippen LogP contribution in [-0.4, -0.2) is 11.4 Å². The number of halogens is 2. The minimum Gasteiger partial charge on any atom is -0.368 e. The predicted octanol–water partition coefficient (Wildman–Crippen LogP) is 3.84. The van der Waals surface area contributed by atoms with Crippen molar-refractivity contribution in [2.75, 3.05) is 6.61 Å². The topological polar surface area (TPSA) is 9.23 Å². The lowest BCUT2D eigenvalue weighted by molar-refractivity contribution is 0.126. The van der Waals surface area contributed by atoms with Crippen LogP contribution in [0.3, 0.4) is 0 Å². The Morgan fingerprint density at radius 3 is 2.43 bits per heavy atom. The van der Waals surface area contributed by atoms with Crippen LogP contribution in [0.4, 0.5) is 0 Å². The van der Waals surface area contributed by atoms with E-state index >= 15 is 0 Å². The standard InChI is InChI=1S/C11H10Br2O/c1-7-10(13)6-14-11(7)8-2-4-9(12)5-3-8/h2-5,10-11H,1,6H2/t10-,11-/m1/s1. The Morgan fingerprint density at radius 1 is 1.29 bits per heavy atom. The molecule has 0 N–H and O–H groups in total. The van der Waals surface area contributed by atoms with Crippen molar-refractivity contribution < 1.29 is 4.74 Å². The van der Waals surface area contributed by atoms with Gasteiger partial charge in [-0.15, -0.1) is 0 Å². The average molecular weight is 318 g/mol. The van der Waals surface area contributed by atoms with Crippen LogP contribution in [0.5, 0.6) is 0 Å². The van der Waals surface area contributed by atoms with E-state index in [2.05, 4.69) is 50.6 Å². The van der Waals surface area contributed by atoms with E-state index in [-0.39, 0.29) is 10.9 Å². The molecule has 1 aromatic carbocycles. The van der Waals surface area contributed by atoms with Crippen molar-refractivity contribution in [3.05, 3.63) is 46.5 Å². The Kier molecular flexibility index (Phi) is 3.10. The van der Waals surface area contributed by atoms with E-state index in [0.717, 1.165) is 10.0 Å². The summed E-state index contributed by atoms with van der Waals surface area (Å²) in [5.74, 6) is 0. The Balaban J connectivity index is 2.24. The highest BCUT2D eigenvalue weighted by Crippen LogP contribution is 2.36. The summed E-state index contributed by atoms with van der Waals surface area (Å²) in [4.78, 5) is 0.288. The van der Waals surface area contributed by atoms with E-state index in [1.54, 1.807) is 0 Å². The second kappa shape index (κ2) is 4.17. The first kappa shape index (κ1) is 10.4. The van der Waals surface area contributed by atoms with Crippen LogP contribution in [0.25, 0.3) is 0 Å². The minimum atomic E-state index is 0.0486. The normalized spacial score (nSPS) is 26.9. The van der Waals surface area contributed by atoms with Crippen LogP contribution in [0.15, 0.2) is 40.9 Å². The van der Waals surface area contributed by atoms with Crippen LogP contribution in [0.2, 0.25) is 0 Å². The third kappa shape index (κ3) is 1.95. The van der Waals surface area contributed by atoms with Crippen molar-refractivity contribution in [3.63, 3.8) is 0 Å². The van der Waals surface area contributed by atoms with Gasteiger partial charge in [-0.25, -0.2) is 0 Å². The van der Waals surface area contributed by atoms with Gasteiger partial charge in [-0.1, -0.05) is 50.6 Å². The zero-order valence-corrected chi connectivity index (χ0v) is 10.7. The van der Waals surface area contributed by atoms with E-state index in [1.165, 1.54) is 5.56 Å². The number of ether oxygens (including phenoxy) is 1. The average Bonchev–Trinajstić information content (AvgIpc) is 2.50. The molecule has 1 heterocycles. The molecule has 0 spiro atoms. The van der Waals surface area contributed by atoms with E-state index < -0.39 is 0 Å². The van der Waals surface area contributed by atoms with Gasteiger partial charge in [-0.3, -0.25) is 0 Å². The molecule has 0 aromatic heterocycles. The zero-order chi connectivity index (χ0) is 10.1. The molecule has 14 heavy (non-hydrogen) atoms. The first-order chi connectivity index (χ1) is 6.68. The van der Waals surface area contributed by atoms with Crippen molar-refractivity contribution in [1.82, 2.24) is 0 Å². The van der Waals surface area contributed by atoms with Gasteiger partial charge in [0.05, 0.1) is 11.4 Å². The van der Waals surface area contributed by atoms with Gasteiger partial charge < -0.3 is 4.74 Å². The second-order valence-electron chi connectivity index (χ2n) is 3.31. The monoisotopic (exact) mass is 316 g/mol. The van der Waals surface area contributed by atoms with Crippen LogP contribution in [0.1, 0.15) is 11.7 Å². The molecule has 0 unspecified atom stereocenters. The minimum absolute atomic E-state index is 0.0486. The summed E-state index contributed by atoms with van der Waals surface area (Å²) in [6.45, 7) is 4.74. The van der Waals surface area contributed by atoms with Crippen LogP contribution < -0.4 is 0 Å². The van der Waals surface area contributed by atoms with Crippen molar-refractivity contribution in [1.29, 1.82) is 0 Å². The molecule has 0 bridgehead atoms. The van der Waals surface area contributed by atoms with E-state index in [9.17, 15) is 0 Å². The van der Waals surface area contributed by atoms with Gasteiger partial charge in [0.1, 0.15) is 6.10 Å². The Bertz CT molecular complexity index is 345. The first-order valence-corrected chi connectivity index (χ1v) is 6.09. The molecule has 74 valence electrons. The van der Waals surface area contributed by atoms with E-state index in [1.807, 2.05) is 12.1 Å². The molecule has 3 heteroatoms. The molecule has 0 saturated carbocycles. The number of hydrogen-bond acceptors (Lipinski definition) is 1. The van der Waals surface area contributed by atoms with Gasteiger partial charge in [-0.05, 0) is 23.3 Å². The van der Waals surface area contributed by atoms with Crippen LogP contribution >= 0.6 is 31.9 Å². The maximum atomic E-state index is 5.64. The Hall–Kier alpha value is -0.120. The molecule has 1 aromatic rings. The maximum absolute atomic E-state index is 5.64. The number of benzene rings is 1. The third-order valence-electron chi connectivity index (χ3n) is 2.32. The van der Waals surface area contributed by atoms with Crippen molar-refractivity contribution in [2.45, 2.75) is 10.9 Å². The molecule has 1 aliphatic rings. The smallest absolute Gasteiger partial charge is 0.105 e. The molecule has 1 nitrogen and oxygen atoms in total. The summed E-state index contributed by atoms with van der Waals surface area (Å²) >= 11 is 6.93. The summed E-state index contributed by atoms with van der Waals surface area (Å²) in [6, 6.07) is 8.16. The maximum Gasteiger partial charge on any atom is 0.105 e. The molecular weight excluding hydrogens is 308 g/mol. The lowest BCUT2D eigenvalue weighted by Crippen LogP contribution is -1.99. The van der Waals surface area contributed by atoms with Crippen LogP contribution in [0, 0.1) is 0 Å². The summed E-state index contributed by atoms with van der Waals surface area (Å²) < 4.78 is 6.73. The molecule has 0 amide bonds. The van der Waals surface area contributed by atoms with E-state index in [0.29, 0.717) is 6.61 Å². The highest BCUT2D eigenvalue weighted by atomic mass is 79.9. The second-order valence-corrected chi connectivity index (χ2v) is 5.33. The molecule has 2 rings (SSSR count). The summed E-state index contributed by atoms with van der Waals surface area (Å²) in [7, 11) is 0. The third-order valence-corrected chi connectivity index (χ3v) is 3.70. The fourth-order valence-electron chi connectivity index (χ4n) is 1.51. The van der Waals surface area contributed by atoms with Gasteiger partial charge >= 0.3 is 0 Å². The van der Waals surface area contributed by atoms with Gasteiger partial charge in [0.2, 0.25) is 0 Å². The van der Waals surface area contributed by atoms with Crippen molar-refractivity contribution >= 4 is 31.9 Å². The Morgan fingerprint density at radius 2 is 1.93 bits per heavy atom. The number of alkyl halides is 1. The van der Waals surface area contributed by atoms with Gasteiger partial charge in [0, 0.05) is 4.47 Å². The van der Waals surface area contributed by atoms with E-state index in [4.69, 9.17) is 4.74 Å². The summed E-state index contributed by atoms with van der Waals surface area (Å²) in [6.07, 6.45) is 0.0486. The number of rotatable bonds is 1. The molecule has 0 radical (unpaired) electrons.